The van der Waals surface area contributed by atoms with Crippen LogP contribution < -0.4 is 15.4 Å². The van der Waals surface area contributed by atoms with Gasteiger partial charge >= 0.3 is 6.09 Å². The first-order valence-electron chi connectivity index (χ1n) is 7.86. The number of rotatable bonds is 7. The molecule has 8 nitrogen and oxygen atoms in total. The van der Waals surface area contributed by atoms with Crippen molar-refractivity contribution in [2.75, 3.05) is 12.4 Å². The molecule has 2 amide bonds. The minimum atomic E-state index is -0.767. The van der Waals surface area contributed by atoms with Crippen molar-refractivity contribution in [1.82, 2.24) is 15.5 Å². The van der Waals surface area contributed by atoms with E-state index in [-0.39, 0.29) is 12.5 Å². The molecule has 0 radical (unpaired) electrons. The summed E-state index contributed by atoms with van der Waals surface area (Å²) in [5.41, 5.74) is 0.866. The van der Waals surface area contributed by atoms with E-state index in [2.05, 4.69) is 20.8 Å². The molecule has 0 aliphatic carbocycles. The molecular weight excluding hydrogens is 324 g/mol. The molecule has 0 bridgehead atoms. The van der Waals surface area contributed by atoms with Crippen molar-refractivity contribution in [3.8, 4) is 5.75 Å². The maximum atomic E-state index is 12.4. The zero-order chi connectivity index (χ0) is 18.2. The number of aromatic amines is 1. The molecule has 2 rings (SSSR count). The number of methoxy groups -OCH3 is 1. The number of nitrogens with one attached hydrogen (secondary N) is 3. The van der Waals surface area contributed by atoms with Crippen LogP contribution in [0.1, 0.15) is 19.4 Å². The van der Waals surface area contributed by atoms with Crippen molar-refractivity contribution < 1.29 is 19.1 Å². The third-order valence-corrected chi connectivity index (χ3v) is 3.51. The molecule has 1 atom stereocenters. The lowest BCUT2D eigenvalue weighted by Crippen LogP contribution is -2.47. The van der Waals surface area contributed by atoms with Gasteiger partial charge in [0.05, 0.1) is 13.3 Å². The SMILES string of the molecule is COc1cn[nH]c1NC(=O)[C@@H](NC(=O)OCc1ccccc1)C(C)C. The largest absolute Gasteiger partial charge is 0.491 e. The Morgan fingerprint density at radius 3 is 2.60 bits per heavy atom. The number of carbonyl (C=O) groups is 2. The van der Waals surface area contributed by atoms with E-state index in [1.807, 2.05) is 44.2 Å². The van der Waals surface area contributed by atoms with Crippen LogP contribution in [0.15, 0.2) is 36.5 Å². The molecule has 0 aliphatic heterocycles. The zero-order valence-corrected chi connectivity index (χ0v) is 14.4. The first-order chi connectivity index (χ1) is 12.0. The molecule has 0 saturated heterocycles. The van der Waals surface area contributed by atoms with Crippen molar-refractivity contribution in [3.05, 3.63) is 42.1 Å². The minimum absolute atomic E-state index is 0.132. The summed E-state index contributed by atoms with van der Waals surface area (Å²) in [5.74, 6) is 0.201. The molecule has 134 valence electrons. The number of aromatic nitrogens is 2. The van der Waals surface area contributed by atoms with Gasteiger partial charge in [-0.05, 0) is 11.5 Å². The summed E-state index contributed by atoms with van der Waals surface area (Å²) in [7, 11) is 1.47. The van der Waals surface area contributed by atoms with Gasteiger partial charge in [0.15, 0.2) is 11.6 Å². The van der Waals surface area contributed by atoms with E-state index in [9.17, 15) is 9.59 Å². The number of hydrogen-bond acceptors (Lipinski definition) is 5. The highest BCUT2D eigenvalue weighted by Crippen LogP contribution is 2.20. The quantitative estimate of drug-likeness (QED) is 0.713. The molecular formula is C17H22N4O4. The van der Waals surface area contributed by atoms with Gasteiger partial charge in [-0.3, -0.25) is 9.89 Å². The van der Waals surface area contributed by atoms with Gasteiger partial charge in [0.1, 0.15) is 12.6 Å². The van der Waals surface area contributed by atoms with Crippen molar-refractivity contribution in [1.29, 1.82) is 0 Å². The summed E-state index contributed by atoms with van der Waals surface area (Å²) in [6, 6.07) is 8.54. The molecule has 1 aromatic heterocycles. The Labute approximate surface area is 145 Å². The number of benzene rings is 1. The minimum Gasteiger partial charge on any atom is -0.491 e. The van der Waals surface area contributed by atoms with Crippen LogP contribution in [0.4, 0.5) is 10.6 Å². The fraction of sp³-hybridized carbons (Fsp3) is 0.353. The monoisotopic (exact) mass is 346 g/mol. The van der Waals surface area contributed by atoms with Gasteiger partial charge in [-0.1, -0.05) is 44.2 Å². The predicted molar refractivity (Wildman–Crippen MR) is 92.2 cm³/mol. The molecule has 3 N–H and O–H groups in total. The lowest BCUT2D eigenvalue weighted by atomic mass is 10.0. The maximum Gasteiger partial charge on any atom is 0.408 e. The van der Waals surface area contributed by atoms with Gasteiger partial charge in [-0.25, -0.2) is 4.79 Å². The molecule has 1 heterocycles. The number of hydrogen-bond donors (Lipinski definition) is 3. The number of amides is 2. The molecule has 0 spiro atoms. The molecule has 8 heteroatoms. The second kappa shape index (κ2) is 8.72. The van der Waals surface area contributed by atoms with Crippen LogP contribution in [0.25, 0.3) is 0 Å². The summed E-state index contributed by atoms with van der Waals surface area (Å²) in [4.78, 5) is 24.4. The normalized spacial score (nSPS) is 11.7. The van der Waals surface area contributed by atoms with Crippen LogP contribution in [-0.2, 0) is 16.1 Å². The Balaban J connectivity index is 1.93. The zero-order valence-electron chi connectivity index (χ0n) is 14.4. The number of H-pyrrole nitrogens is 1. The van der Waals surface area contributed by atoms with E-state index in [0.717, 1.165) is 5.56 Å². The van der Waals surface area contributed by atoms with E-state index in [1.54, 1.807) is 0 Å². The lowest BCUT2D eigenvalue weighted by Gasteiger charge is -2.21. The second-order valence-electron chi connectivity index (χ2n) is 5.73. The summed E-state index contributed by atoms with van der Waals surface area (Å²) >= 11 is 0. The molecule has 0 saturated carbocycles. The van der Waals surface area contributed by atoms with E-state index in [4.69, 9.17) is 9.47 Å². The highest BCUT2D eigenvalue weighted by Gasteiger charge is 2.26. The van der Waals surface area contributed by atoms with Crippen molar-refractivity contribution in [2.45, 2.75) is 26.5 Å². The van der Waals surface area contributed by atoms with Gasteiger partial charge in [-0.15, -0.1) is 0 Å². The Morgan fingerprint density at radius 1 is 1.24 bits per heavy atom. The van der Waals surface area contributed by atoms with E-state index in [0.29, 0.717) is 11.6 Å². The standard InChI is InChI=1S/C17H22N4O4/c1-11(2)14(16(22)20-15-13(24-3)9-18-21-15)19-17(23)25-10-12-7-5-4-6-8-12/h4-9,11,14H,10H2,1-3H3,(H,19,23)(H2,18,20,21,22)/t14-/m0/s1. The van der Waals surface area contributed by atoms with Crippen molar-refractivity contribution in [3.63, 3.8) is 0 Å². The summed E-state index contributed by atoms with van der Waals surface area (Å²) in [6.45, 7) is 3.78. The van der Waals surface area contributed by atoms with Crippen LogP contribution in [0.5, 0.6) is 5.75 Å². The van der Waals surface area contributed by atoms with E-state index >= 15 is 0 Å². The molecule has 0 fully saturated rings. The van der Waals surface area contributed by atoms with Gasteiger partial charge in [-0.2, -0.15) is 5.10 Å². The fourth-order valence-electron chi connectivity index (χ4n) is 2.15. The smallest absolute Gasteiger partial charge is 0.408 e. The first kappa shape index (κ1) is 18.3. The summed E-state index contributed by atoms with van der Waals surface area (Å²) < 4.78 is 10.2. The Bertz CT molecular complexity index is 700. The van der Waals surface area contributed by atoms with Gasteiger partial charge in [0.25, 0.3) is 0 Å². The van der Waals surface area contributed by atoms with Gasteiger partial charge < -0.3 is 20.1 Å². The third-order valence-electron chi connectivity index (χ3n) is 3.51. The van der Waals surface area contributed by atoms with Crippen LogP contribution >= 0.6 is 0 Å². The average molecular weight is 346 g/mol. The molecule has 0 unspecified atom stereocenters. The predicted octanol–water partition coefficient (Wildman–Crippen LogP) is 2.31. The van der Waals surface area contributed by atoms with Gasteiger partial charge in [0, 0.05) is 0 Å². The molecule has 1 aromatic carbocycles. The number of nitrogens with zero attached hydrogens (tertiary/aromatic N) is 1. The topological polar surface area (TPSA) is 105 Å². The van der Waals surface area contributed by atoms with Gasteiger partial charge in [0.2, 0.25) is 5.91 Å². The molecule has 0 aliphatic rings. The van der Waals surface area contributed by atoms with Crippen molar-refractivity contribution in [2.24, 2.45) is 5.92 Å². The Hall–Kier alpha value is -3.03. The average Bonchev–Trinajstić information content (AvgIpc) is 3.05. The first-order valence-corrected chi connectivity index (χ1v) is 7.86. The van der Waals surface area contributed by atoms with E-state index in [1.165, 1.54) is 13.3 Å². The Kier molecular flexibility index (Phi) is 6.39. The second-order valence-corrected chi connectivity index (χ2v) is 5.73. The van der Waals surface area contributed by atoms with E-state index < -0.39 is 18.0 Å². The van der Waals surface area contributed by atoms with Crippen LogP contribution in [0.2, 0.25) is 0 Å². The summed E-state index contributed by atoms with van der Waals surface area (Å²) in [5, 5.41) is 11.7. The molecule has 25 heavy (non-hydrogen) atoms. The Morgan fingerprint density at radius 2 is 1.96 bits per heavy atom. The molecule has 2 aromatic rings. The van der Waals surface area contributed by atoms with Crippen LogP contribution in [0.3, 0.4) is 0 Å². The number of anilines is 1. The number of carbonyl (C=O) groups excluding carboxylic acids is 2. The highest BCUT2D eigenvalue weighted by atomic mass is 16.5. The number of alkyl carbamates (subject to hydrolysis) is 1. The fourth-order valence-corrected chi connectivity index (χ4v) is 2.15. The summed E-state index contributed by atoms with van der Waals surface area (Å²) in [6.07, 6.45) is 0.788. The van der Waals surface area contributed by atoms with Crippen molar-refractivity contribution >= 4 is 17.8 Å². The third kappa shape index (κ3) is 5.23. The number of ether oxygens (including phenoxy) is 2. The van der Waals surface area contributed by atoms with Crippen LogP contribution in [-0.4, -0.2) is 35.3 Å². The highest BCUT2D eigenvalue weighted by molar-refractivity contribution is 5.96. The lowest BCUT2D eigenvalue weighted by molar-refractivity contribution is -0.119. The van der Waals surface area contributed by atoms with Crippen LogP contribution in [0, 0.1) is 5.92 Å². The maximum absolute atomic E-state index is 12.4.